The first-order chi connectivity index (χ1) is 12.2. The van der Waals surface area contributed by atoms with Crippen LogP contribution in [0.3, 0.4) is 0 Å². The Bertz CT molecular complexity index is 546. The lowest BCUT2D eigenvalue weighted by atomic mass is 9.99. The average molecular weight is 348 g/mol. The fourth-order valence-electron chi connectivity index (χ4n) is 4.18. The number of methoxy groups -OCH3 is 2. The van der Waals surface area contributed by atoms with Crippen molar-refractivity contribution in [2.45, 2.75) is 38.3 Å². The van der Waals surface area contributed by atoms with Gasteiger partial charge in [-0.2, -0.15) is 0 Å². The molecule has 2 aliphatic heterocycles. The predicted octanol–water partition coefficient (Wildman–Crippen LogP) is 2.52. The van der Waals surface area contributed by atoms with Gasteiger partial charge in [0.25, 0.3) is 0 Å². The molecule has 25 heavy (non-hydrogen) atoms. The molecule has 5 nitrogen and oxygen atoms in total. The lowest BCUT2D eigenvalue weighted by molar-refractivity contribution is 0.0765. The van der Waals surface area contributed by atoms with E-state index in [0.717, 1.165) is 37.7 Å². The van der Waals surface area contributed by atoms with Crippen LogP contribution in [0.25, 0.3) is 0 Å². The molecule has 0 aromatic heterocycles. The van der Waals surface area contributed by atoms with Crippen LogP contribution >= 0.6 is 0 Å². The molecule has 5 heteroatoms. The van der Waals surface area contributed by atoms with E-state index in [2.05, 4.69) is 34.2 Å². The first-order valence-corrected chi connectivity index (χ1v) is 9.63. The fourth-order valence-corrected chi connectivity index (χ4v) is 4.18. The van der Waals surface area contributed by atoms with E-state index in [1.807, 2.05) is 6.07 Å². The number of rotatable bonds is 6. The molecule has 2 saturated heterocycles. The summed E-state index contributed by atoms with van der Waals surface area (Å²) in [6.45, 7) is 9.02. The third kappa shape index (κ3) is 4.46. The fraction of sp³-hybridized carbons (Fsp3) is 0.700. The van der Waals surface area contributed by atoms with E-state index in [0.29, 0.717) is 12.1 Å². The van der Waals surface area contributed by atoms with Gasteiger partial charge >= 0.3 is 0 Å². The molecule has 0 spiro atoms. The molecule has 1 N–H and O–H groups in total. The first kappa shape index (κ1) is 18.5. The molecule has 0 aliphatic carbocycles. The Balaban J connectivity index is 1.89. The molecule has 0 radical (unpaired) electrons. The summed E-state index contributed by atoms with van der Waals surface area (Å²) < 4.78 is 11.1. The topological polar surface area (TPSA) is 37.0 Å². The monoisotopic (exact) mass is 347 g/mol. The summed E-state index contributed by atoms with van der Waals surface area (Å²) in [6, 6.07) is 7.16. The largest absolute Gasteiger partial charge is 0.497 e. The zero-order chi connectivity index (χ0) is 17.6. The number of benzene rings is 1. The van der Waals surface area contributed by atoms with E-state index in [1.165, 1.54) is 37.9 Å². The van der Waals surface area contributed by atoms with Crippen LogP contribution in [0.15, 0.2) is 18.2 Å². The molecule has 1 aromatic rings. The summed E-state index contributed by atoms with van der Waals surface area (Å²) in [5, 5.41) is 3.51. The molecular formula is C20H33N3O2. The first-order valence-electron chi connectivity index (χ1n) is 9.63. The second kappa shape index (κ2) is 8.88. The van der Waals surface area contributed by atoms with E-state index >= 15 is 0 Å². The average Bonchev–Trinajstić information content (AvgIpc) is 2.67. The van der Waals surface area contributed by atoms with Gasteiger partial charge in [0, 0.05) is 43.9 Å². The van der Waals surface area contributed by atoms with Crippen LogP contribution in [0.5, 0.6) is 11.5 Å². The predicted molar refractivity (Wildman–Crippen MR) is 102 cm³/mol. The highest BCUT2D eigenvalue weighted by atomic mass is 16.5. The SMILES string of the molecule is COc1ccc(C(CN2CCCCC2)N2CCNCC2C)c(OC)c1. The number of ether oxygens (including phenoxy) is 2. The van der Waals surface area contributed by atoms with Crippen LogP contribution in [-0.4, -0.2) is 69.3 Å². The smallest absolute Gasteiger partial charge is 0.127 e. The number of hydrogen-bond donors (Lipinski definition) is 1. The summed E-state index contributed by atoms with van der Waals surface area (Å²) in [7, 11) is 3.47. The molecule has 2 fully saturated rings. The number of nitrogens with one attached hydrogen (secondary N) is 1. The van der Waals surface area contributed by atoms with Gasteiger partial charge in [-0.25, -0.2) is 0 Å². The van der Waals surface area contributed by atoms with E-state index < -0.39 is 0 Å². The second-order valence-corrected chi connectivity index (χ2v) is 7.28. The molecule has 2 unspecified atom stereocenters. The summed E-state index contributed by atoms with van der Waals surface area (Å²) in [5.74, 6) is 1.79. The number of hydrogen-bond acceptors (Lipinski definition) is 5. The summed E-state index contributed by atoms with van der Waals surface area (Å²) in [5.41, 5.74) is 1.28. The Hall–Kier alpha value is -1.30. The van der Waals surface area contributed by atoms with Crippen molar-refractivity contribution in [3.63, 3.8) is 0 Å². The minimum atomic E-state index is 0.357. The van der Waals surface area contributed by atoms with Crippen molar-refractivity contribution in [2.75, 3.05) is 53.5 Å². The zero-order valence-electron chi connectivity index (χ0n) is 16.0. The number of piperazine rings is 1. The number of likely N-dealkylation sites (tertiary alicyclic amines) is 1. The zero-order valence-corrected chi connectivity index (χ0v) is 16.0. The maximum Gasteiger partial charge on any atom is 0.127 e. The quantitative estimate of drug-likeness (QED) is 0.856. The van der Waals surface area contributed by atoms with Crippen LogP contribution in [0.1, 0.15) is 37.8 Å². The van der Waals surface area contributed by atoms with Crippen molar-refractivity contribution in [1.29, 1.82) is 0 Å². The van der Waals surface area contributed by atoms with Crippen LogP contribution in [0.2, 0.25) is 0 Å². The maximum absolute atomic E-state index is 5.74. The third-order valence-electron chi connectivity index (χ3n) is 5.63. The minimum absolute atomic E-state index is 0.357. The van der Waals surface area contributed by atoms with Crippen molar-refractivity contribution < 1.29 is 9.47 Å². The van der Waals surface area contributed by atoms with Crippen LogP contribution in [0, 0.1) is 0 Å². The molecule has 2 aliphatic rings. The van der Waals surface area contributed by atoms with Crippen molar-refractivity contribution >= 4 is 0 Å². The molecule has 0 saturated carbocycles. The van der Waals surface area contributed by atoms with Gasteiger partial charge < -0.3 is 19.7 Å². The summed E-state index contributed by atoms with van der Waals surface area (Å²) >= 11 is 0. The number of piperidine rings is 1. The molecule has 140 valence electrons. The standard InChI is InChI=1S/C20H33N3O2/c1-16-14-21-9-12-23(16)19(15-22-10-5-4-6-11-22)18-8-7-17(24-2)13-20(18)25-3/h7-8,13,16,19,21H,4-6,9-12,14-15H2,1-3H3. The molecular weight excluding hydrogens is 314 g/mol. The van der Waals surface area contributed by atoms with Gasteiger partial charge in [0.05, 0.1) is 20.3 Å². The molecule has 0 bridgehead atoms. The van der Waals surface area contributed by atoms with E-state index in [9.17, 15) is 0 Å². The van der Waals surface area contributed by atoms with Crippen molar-refractivity contribution in [3.8, 4) is 11.5 Å². The van der Waals surface area contributed by atoms with Crippen molar-refractivity contribution in [3.05, 3.63) is 23.8 Å². The highest BCUT2D eigenvalue weighted by molar-refractivity contribution is 5.43. The lowest BCUT2D eigenvalue weighted by Gasteiger charge is -2.43. The van der Waals surface area contributed by atoms with Gasteiger partial charge in [0.15, 0.2) is 0 Å². The van der Waals surface area contributed by atoms with E-state index in [4.69, 9.17) is 9.47 Å². The van der Waals surface area contributed by atoms with E-state index in [1.54, 1.807) is 14.2 Å². The van der Waals surface area contributed by atoms with Crippen molar-refractivity contribution in [2.24, 2.45) is 0 Å². The Morgan fingerprint density at radius 2 is 1.92 bits per heavy atom. The Labute approximate surface area is 152 Å². The highest BCUT2D eigenvalue weighted by Crippen LogP contribution is 2.35. The number of nitrogens with zero attached hydrogens (tertiary/aromatic N) is 2. The normalized spacial score (nSPS) is 24.0. The van der Waals surface area contributed by atoms with Crippen LogP contribution in [0.4, 0.5) is 0 Å². The Morgan fingerprint density at radius 1 is 1.12 bits per heavy atom. The maximum atomic E-state index is 5.74. The third-order valence-corrected chi connectivity index (χ3v) is 5.63. The van der Waals surface area contributed by atoms with Gasteiger partial charge in [0.1, 0.15) is 11.5 Å². The highest BCUT2D eigenvalue weighted by Gasteiger charge is 2.31. The molecule has 3 rings (SSSR count). The van der Waals surface area contributed by atoms with Gasteiger partial charge in [-0.05, 0) is 38.9 Å². The van der Waals surface area contributed by atoms with Crippen molar-refractivity contribution in [1.82, 2.24) is 15.1 Å². The van der Waals surface area contributed by atoms with Crippen LogP contribution < -0.4 is 14.8 Å². The molecule has 1 aromatic carbocycles. The van der Waals surface area contributed by atoms with Gasteiger partial charge in [-0.3, -0.25) is 4.90 Å². The minimum Gasteiger partial charge on any atom is -0.497 e. The van der Waals surface area contributed by atoms with Gasteiger partial charge in [-0.1, -0.05) is 12.5 Å². The van der Waals surface area contributed by atoms with Gasteiger partial charge in [0.2, 0.25) is 0 Å². The molecule has 2 atom stereocenters. The van der Waals surface area contributed by atoms with E-state index in [-0.39, 0.29) is 0 Å². The molecule has 0 amide bonds. The Morgan fingerprint density at radius 3 is 2.60 bits per heavy atom. The second-order valence-electron chi connectivity index (χ2n) is 7.28. The van der Waals surface area contributed by atoms with Gasteiger partial charge in [-0.15, -0.1) is 0 Å². The molecule has 2 heterocycles. The summed E-state index contributed by atoms with van der Waals surface area (Å²) in [6.07, 6.45) is 4.02. The Kier molecular flexibility index (Phi) is 6.57. The summed E-state index contributed by atoms with van der Waals surface area (Å²) in [4.78, 5) is 5.28. The van der Waals surface area contributed by atoms with Crippen LogP contribution in [-0.2, 0) is 0 Å². The lowest BCUT2D eigenvalue weighted by Crippen LogP contribution is -2.53.